The highest BCUT2D eigenvalue weighted by atomic mass is 35.5. The Morgan fingerprint density at radius 1 is 1.21 bits per heavy atom. The second kappa shape index (κ2) is 8.42. The van der Waals surface area contributed by atoms with Gasteiger partial charge in [0.05, 0.1) is 11.6 Å². The van der Waals surface area contributed by atoms with Gasteiger partial charge in [-0.15, -0.1) is 11.3 Å². The normalized spacial score (nSPS) is 10.1. The molecular weight excluding hydrogens is 359 g/mol. The van der Waals surface area contributed by atoms with Crippen molar-refractivity contribution in [1.82, 2.24) is 10.6 Å². The molecule has 0 bridgehead atoms. The number of carbonyl (C=O) groups excluding carboxylic acids is 3. The van der Waals surface area contributed by atoms with Crippen LogP contribution in [0.5, 0.6) is 0 Å². The summed E-state index contributed by atoms with van der Waals surface area (Å²) in [7, 11) is 0. The lowest BCUT2D eigenvalue weighted by atomic mass is 10.2. The van der Waals surface area contributed by atoms with Crippen LogP contribution < -0.4 is 10.6 Å². The molecule has 2 rings (SSSR count). The van der Waals surface area contributed by atoms with Crippen LogP contribution in [0, 0.1) is 5.82 Å². The fraction of sp³-hybridized carbons (Fsp3) is 0.133. The van der Waals surface area contributed by atoms with Crippen molar-refractivity contribution < 1.29 is 23.5 Å². The Morgan fingerprint density at radius 2 is 2.00 bits per heavy atom. The van der Waals surface area contributed by atoms with Crippen LogP contribution in [0.3, 0.4) is 0 Å². The molecule has 0 radical (unpaired) electrons. The van der Waals surface area contributed by atoms with Crippen molar-refractivity contribution in [2.75, 3.05) is 6.61 Å². The van der Waals surface area contributed by atoms with Gasteiger partial charge in [0.25, 0.3) is 5.91 Å². The van der Waals surface area contributed by atoms with Gasteiger partial charge in [-0.3, -0.25) is 10.1 Å². The minimum Gasteiger partial charge on any atom is -0.452 e. The fourth-order valence-electron chi connectivity index (χ4n) is 1.68. The van der Waals surface area contributed by atoms with Crippen molar-refractivity contribution in [1.29, 1.82) is 0 Å². The van der Waals surface area contributed by atoms with E-state index in [1.807, 2.05) is 22.8 Å². The molecule has 0 saturated carbocycles. The van der Waals surface area contributed by atoms with Crippen LogP contribution >= 0.6 is 22.9 Å². The minimum absolute atomic E-state index is 0.130. The Bertz CT molecular complexity index is 732. The summed E-state index contributed by atoms with van der Waals surface area (Å²) in [5.41, 5.74) is -0.464. The van der Waals surface area contributed by atoms with Crippen molar-refractivity contribution in [2.45, 2.75) is 6.54 Å². The van der Waals surface area contributed by atoms with Gasteiger partial charge in [0, 0.05) is 4.88 Å². The van der Waals surface area contributed by atoms with Crippen molar-refractivity contribution in [2.24, 2.45) is 0 Å². The van der Waals surface area contributed by atoms with E-state index in [9.17, 15) is 18.8 Å². The lowest BCUT2D eigenvalue weighted by molar-refractivity contribution is -0.123. The number of nitrogens with one attached hydrogen (secondary N) is 2. The number of hydrogen-bond acceptors (Lipinski definition) is 5. The second-order valence-corrected chi connectivity index (χ2v) is 5.92. The third-order valence-corrected chi connectivity index (χ3v) is 3.95. The van der Waals surface area contributed by atoms with E-state index in [1.54, 1.807) is 0 Å². The van der Waals surface area contributed by atoms with E-state index in [1.165, 1.54) is 23.5 Å². The van der Waals surface area contributed by atoms with Crippen molar-refractivity contribution >= 4 is 40.8 Å². The van der Waals surface area contributed by atoms with E-state index in [2.05, 4.69) is 10.1 Å². The standard InChI is InChI=1S/C15H12ClFN2O4S/c16-10-4-1-5-11(17)13(10)14(21)23-8-12(20)19-15(22)18-7-9-3-2-6-24-9/h1-6H,7-8H2,(H2,18,19,20,22). The van der Waals surface area contributed by atoms with E-state index in [0.29, 0.717) is 0 Å². The highest BCUT2D eigenvalue weighted by Crippen LogP contribution is 2.19. The molecule has 0 atom stereocenters. The molecule has 24 heavy (non-hydrogen) atoms. The molecule has 9 heteroatoms. The number of carbonyl (C=O) groups is 3. The Kier molecular flexibility index (Phi) is 6.28. The highest BCUT2D eigenvalue weighted by molar-refractivity contribution is 7.09. The van der Waals surface area contributed by atoms with E-state index >= 15 is 0 Å². The molecule has 6 nitrogen and oxygen atoms in total. The highest BCUT2D eigenvalue weighted by Gasteiger charge is 2.19. The molecule has 2 N–H and O–H groups in total. The molecule has 1 aromatic heterocycles. The molecule has 3 amide bonds. The summed E-state index contributed by atoms with van der Waals surface area (Å²) in [5.74, 6) is -2.80. The third kappa shape index (κ3) is 5.04. The van der Waals surface area contributed by atoms with Crippen LogP contribution in [0.4, 0.5) is 9.18 Å². The Hall–Kier alpha value is -2.45. The zero-order valence-corrected chi connectivity index (χ0v) is 13.7. The topological polar surface area (TPSA) is 84.5 Å². The van der Waals surface area contributed by atoms with Gasteiger partial charge in [-0.05, 0) is 23.6 Å². The number of hydrogen-bond donors (Lipinski definition) is 2. The number of halogens is 2. The number of amides is 3. The predicted molar refractivity (Wildman–Crippen MR) is 86.4 cm³/mol. The van der Waals surface area contributed by atoms with Crippen LogP contribution in [0.2, 0.25) is 5.02 Å². The van der Waals surface area contributed by atoms with Gasteiger partial charge in [0.1, 0.15) is 11.4 Å². The lowest BCUT2D eigenvalue weighted by Gasteiger charge is -2.08. The minimum atomic E-state index is -1.09. The van der Waals surface area contributed by atoms with Crippen LogP contribution in [0.25, 0.3) is 0 Å². The average Bonchev–Trinajstić information content (AvgIpc) is 3.04. The molecule has 0 aliphatic heterocycles. The molecule has 0 aliphatic carbocycles. The number of ether oxygens (including phenoxy) is 1. The number of urea groups is 1. The molecule has 0 fully saturated rings. The summed E-state index contributed by atoms with van der Waals surface area (Å²) >= 11 is 7.16. The molecule has 1 heterocycles. The molecule has 1 aromatic carbocycles. The first-order valence-electron chi connectivity index (χ1n) is 6.68. The first-order chi connectivity index (χ1) is 11.5. The number of esters is 1. The largest absolute Gasteiger partial charge is 0.452 e. The smallest absolute Gasteiger partial charge is 0.343 e. The van der Waals surface area contributed by atoms with Crippen molar-refractivity contribution in [3.05, 3.63) is 57.0 Å². The van der Waals surface area contributed by atoms with Gasteiger partial charge in [-0.2, -0.15) is 0 Å². The number of thiophene rings is 1. The van der Waals surface area contributed by atoms with Crippen molar-refractivity contribution in [3.8, 4) is 0 Å². The fourth-order valence-corrected chi connectivity index (χ4v) is 2.57. The second-order valence-electron chi connectivity index (χ2n) is 4.48. The summed E-state index contributed by atoms with van der Waals surface area (Å²) in [6, 6.07) is 6.62. The van der Waals surface area contributed by atoms with Crippen LogP contribution in [0.15, 0.2) is 35.7 Å². The van der Waals surface area contributed by atoms with Gasteiger partial charge in [-0.1, -0.05) is 23.7 Å². The average molecular weight is 371 g/mol. The third-order valence-electron chi connectivity index (χ3n) is 2.76. The van der Waals surface area contributed by atoms with Gasteiger partial charge >= 0.3 is 12.0 Å². The summed E-state index contributed by atoms with van der Waals surface area (Å²) in [5, 5.41) is 6.19. The summed E-state index contributed by atoms with van der Waals surface area (Å²) < 4.78 is 18.2. The van der Waals surface area contributed by atoms with E-state index in [0.717, 1.165) is 10.9 Å². The van der Waals surface area contributed by atoms with Gasteiger partial charge in [-0.25, -0.2) is 14.0 Å². The van der Waals surface area contributed by atoms with Crippen LogP contribution in [-0.2, 0) is 16.1 Å². The Morgan fingerprint density at radius 3 is 2.67 bits per heavy atom. The molecule has 126 valence electrons. The van der Waals surface area contributed by atoms with Gasteiger partial charge < -0.3 is 10.1 Å². The summed E-state index contributed by atoms with van der Waals surface area (Å²) in [6.07, 6.45) is 0. The number of imide groups is 1. The molecule has 2 aromatic rings. The summed E-state index contributed by atoms with van der Waals surface area (Å²) in [6.45, 7) is -0.475. The Labute approximate surface area is 145 Å². The molecule has 0 unspecified atom stereocenters. The zero-order chi connectivity index (χ0) is 17.5. The quantitative estimate of drug-likeness (QED) is 0.792. The van der Waals surface area contributed by atoms with E-state index < -0.39 is 35.9 Å². The maximum absolute atomic E-state index is 13.5. The lowest BCUT2D eigenvalue weighted by Crippen LogP contribution is -2.41. The number of rotatable bonds is 5. The van der Waals surface area contributed by atoms with Gasteiger partial charge in [0.2, 0.25) is 0 Å². The van der Waals surface area contributed by atoms with E-state index in [4.69, 9.17) is 11.6 Å². The van der Waals surface area contributed by atoms with E-state index in [-0.39, 0.29) is 11.6 Å². The zero-order valence-electron chi connectivity index (χ0n) is 12.2. The van der Waals surface area contributed by atoms with Gasteiger partial charge in [0.15, 0.2) is 6.61 Å². The maximum Gasteiger partial charge on any atom is 0.343 e. The molecule has 0 saturated heterocycles. The first-order valence-corrected chi connectivity index (χ1v) is 7.94. The summed E-state index contributed by atoms with van der Waals surface area (Å²) in [4.78, 5) is 35.7. The maximum atomic E-state index is 13.5. The van der Waals surface area contributed by atoms with Crippen molar-refractivity contribution in [3.63, 3.8) is 0 Å². The predicted octanol–water partition coefficient (Wildman–Crippen LogP) is 2.72. The first kappa shape index (κ1) is 17.9. The van der Waals surface area contributed by atoms with Crippen LogP contribution in [0.1, 0.15) is 15.2 Å². The number of benzene rings is 1. The van der Waals surface area contributed by atoms with Crippen LogP contribution in [-0.4, -0.2) is 24.5 Å². The Balaban J connectivity index is 1.78. The monoisotopic (exact) mass is 370 g/mol. The molecule has 0 aliphatic rings. The molecular formula is C15H12ClFN2O4S. The molecule has 0 spiro atoms. The SMILES string of the molecule is O=C(COC(=O)c1c(F)cccc1Cl)NC(=O)NCc1cccs1.